The maximum atomic E-state index is 3.44. The summed E-state index contributed by atoms with van der Waals surface area (Å²) in [5.41, 5.74) is 1.95. The average molecular weight is 203 g/mol. The van der Waals surface area contributed by atoms with Gasteiger partial charge in [0, 0.05) is 6.04 Å². The van der Waals surface area contributed by atoms with Gasteiger partial charge in [-0.15, -0.1) is 0 Å². The molecule has 1 aromatic carbocycles. The minimum absolute atomic E-state index is 0.441. The van der Waals surface area contributed by atoms with Crippen LogP contribution < -0.4 is 5.32 Å². The lowest BCUT2D eigenvalue weighted by atomic mass is 9.54. The van der Waals surface area contributed by atoms with Crippen LogP contribution in [0.3, 0.4) is 0 Å². The molecule has 1 saturated carbocycles. The first kappa shape index (κ1) is 10.7. The minimum atomic E-state index is 0.441. The highest BCUT2D eigenvalue weighted by Gasteiger charge is 2.49. The third kappa shape index (κ3) is 1.59. The van der Waals surface area contributed by atoms with Crippen LogP contribution >= 0.6 is 0 Å². The van der Waals surface area contributed by atoms with Crippen molar-refractivity contribution in [2.75, 3.05) is 7.05 Å². The highest BCUT2D eigenvalue weighted by atomic mass is 14.9. The molecular weight excluding hydrogens is 182 g/mol. The Morgan fingerprint density at radius 3 is 2.53 bits per heavy atom. The van der Waals surface area contributed by atoms with Crippen molar-refractivity contribution >= 4 is 0 Å². The molecule has 2 rings (SSSR count). The van der Waals surface area contributed by atoms with E-state index in [1.54, 1.807) is 0 Å². The van der Waals surface area contributed by atoms with Crippen molar-refractivity contribution in [3.05, 3.63) is 35.9 Å². The smallest absolute Gasteiger partial charge is 0.0130 e. The highest BCUT2D eigenvalue weighted by molar-refractivity contribution is 5.27. The van der Waals surface area contributed by atoms with E-state index in [0.717, 1.165) is 5.92 Å². The van der Waals surface area contributed by atoms with E-state index in [2.05, 4.69) is 56.5 Å². The summed E-state index contributed by atoms with van der Waals surface area (Å²) < 4.78 is 0. The van der Waals surface area contributed by atoms with Crippen LogP contribution in [-0.2, 0) is 0 Å². The molecule has 0 heterocycles. The van der Waals surface area contributed by atoms with E-state index >= 15 is 0 Å². The van der Waals surface area contributed by atoms with Crippen LogP contribution in [0.5, 0.6) is 0 Å². The van der Waals surface area contributed by atoms with Crippen LogP contribution in [0.25, 0.3) is 0 Å². The number of hydrogen-bond acceptors (Lipinski definition) is 1. The summed E-state index contributed by atoms with van der Waals surface area (Å²) >= 11 is 0. The van der Waals surface area contributed by atoms with Gasteiger partial charge in [0.05, 0.1) is 0 Å². The van der Waals surface area contributed by atoms with Crippen LogP contribution in [0.4, 0.5) is 0 Å². The SMILES string of the molecule is CCC1(C)C(NC)CC1c1ccccc1. The molecule has 1 aliphatic carbocycles. The molecule has 0 saturated heterocycles. The molecule has 1 nitrogen and oxygen atoms in total. The number of benzene rings is 1. The zero-order valence-corrected chi connectivity index (χ0v) is 9.96. The lowest BCUT2D eigenvalue weighted by molar-refractivity contribution is 0.0495. The Balaban J connectivity index is 2.20. The van der Waals surface area contributed by atoms with E-state index in [9.17, 15) is 0 Å². The predicted octanol–water partition coefficient (Wildman–Crippen LogP) is 3.18. The monoisotopic (exact) mass is 203 g/mol. The van der Waals surface area contributed by atoms with Gasteiger partial charge in [0.1, 0.15) is 0 Å². The summed E-state index contributed by atoms with van der Waals surface area (Å²) in [6.45, 7) is 4.72. The molecular formula is C14H21N. The molecule has 1 aromatic rings. The first-order valence-electron chi connectivity index (χ1n) is 5.94. The Labute approximate surface area is 92.9 Å². The van der Waals surface area contributed by atoms with Gasteiger partial charge in [-0.25, -0.2) is 0 Å². The Hall–Kier alpha value is -0.820. The standard InChI is InChI=1S/C14H21N/c1-4-14(2)12(10-13(14)15-3)11-8-6-5-7-9-11/h5-9,12-13,15H,4,10H2,1-3H3. The number of rotatable bonds is 3. The van der Waals surface area contributed by atoms with E-state index in [4.69, 9.17) is 0 Å². The van der Waals surface area contributed by atoms with Gasteiger partial charge >= 0.3 is 0 Å². The average Bonchev–Trinajstić information content (AvgIpc) is 2.28. The van der Waals surface area contributed by atoms with E-state index in [-0.39, 0.29) is 0 Å². The van der Waals surface area contributed by atoms with Gasteiger partial charge in [0.25, 0.3) is 0 Å². The van der Waals surface area contributed by atoms with Crippen LogP contribution in [0.1, 0.15) is 38.2 Å². The molecule has 0 radical (unpaired) electrons. The predicted molar refractivity (Wildman–Crippen MR) is 65.0 cm³/mol. The topological polar surface area (TPSA) is 12.0 Å². The summed E-state index contributed by atoms with van der Waals surface area (Å²) in [5.74, 6) is 0.737. The number of nitrogens with one attached hydrogen (secondary N) is 1. The molecule has 3 atom stereocenters. The zero-order valence-electron chi connectivity index (χ0n) is 9.96. The van der Waals surface area contributed by atoms with Crippen molar-refractivity contribution in [3.63, 3.8) is 0 Å². The van der Waals surface area contributed by atoms with Crippen LogP contribution in [0, 0.1) is 5.41 Å². The summed E-state index contributed by atoms with van der Waals surface area (Å²) in [6.07, 6.45) is 2.53. The molecule has 1 fully saturated rings. The quantitative estimate of drug-likeness (QED) is 0.795. The third-order valence-electron chi connectivity index (χ3n) is 4.38. The van der Waals surface area contributed by atoms with Gasteiger partial charge in [-0.2, -0.15) is 0 Å². The van der Waals surface area contributed by atoms with E-state index in [1.165, 1.54) is 18.4 Å². The summed E-state index contributed by atoms with van der Waals surface area (Å²) in [5, 5.41) is 3.44. The van der Waals surface area contributed by atoms with Gasteiger partial charge in [-0.3, -0.25) is 0 Å². The fourth-order valence-corrected chi connectivity index (χ4v) is 3.00. The van der Waals surface area contributed by atoms with Gasteiger partial charge in [0.2, 0.25) is 0 Å². The van der Waals surface area contributed by atoms with Crippen molar-refractivity contribution in [2.45, 2.75) is 38.6 Å². The van der Waals surface area contributed by atoms with E-state index < -0.39 is 0 Å². The summed E-state index contributed by atoms with van der Waals surface area (Å²) in [6, 6.07) is 11.6. The fourth-order valence-electron chi connectivity index (χ4n) is 3.00. The molecule has 1 N–H and O–H groups in total. The molecule has 0 aliphatic heterocycles. The third-order valence-corrected chi connectivity index (χ3v) is 4.38. The van der Waals surface area contributed by atoms with Gasteiger partial charge in [0.15, 0.2) is 0 Å². The first-order chi connectivity index (χ1) is 7.22. The second-order valence-corrected chi connectivity index (χ2v) is 4.90. The maximum Gasteiger partial charge on any atom is 0.0130 e. The largest absolute Gasteiger partial charge is 0.316 e. The molecule has 1 heteroatoms. The van der Waals surface area contributed by atoms with Crippen LogP contribution in [0.2, 0.25) is 0 Å². The van der Waals surface area contributed by atoms with Crippen molar-refractivity contribution in [1.29, 1.82) is 0 Å². The molecule has 15 heavy (non-hydrogen) atoms. The highest BCUT2D eigenvalue weighted by Crippen LogP contribution is 2.54. The molecule has 0 bridgehead atoms. The van der Waals surface area contributed by atoms with Crippen LogP contribution in [-0.4, -0.2) is 13.1 Å². The summed E-state index contributed by atoms with van der Waals surface area (Å²) in [7, 11) is 2.08. The molecule has 0 amide bonds. The fraction of sp³-hybridized carbons (Fsp3) is 0.571. The van der Waals surface area contributed by atoms with Gasteiger partial charge in [-0.05, 0) is 36.8 Å². The minimum Gasteiger partial charge on any atom is -0.316 e. The van der Waals surface area contributed by atoms with E-state index in [1.807, 2.05) is 0 Å². The Morgan fingerprint density at radius 2 is 2.00 bits per heavy atom. The number of hydrogen-bond donors (Lipinski definition) is 1. The van der Waals surface area contributed by atoms with Gasteiger partial charge < -0.3 is 5.32 Å². The van der Waals surface area contributed by atoms with E-state index in [0.29, 0.717) is 11.5 Å². The Kier molecular flexibility index (Phi) is 2.83. The summed E-state index contributed by atoms with van der Waals surface area (Å²) in [4.78, 5) is 0. The lowest BCUT2D eigenvalue weighted by Gasteiger charge is -2.54. The second-order valence-electron chi connectivity index (χ2n) is 4.90. The molecule has 82 valence electrons. The van der Waals surface area contributed by atoms with Crippen molar-refractivity contribution in [2.24, 2.45) is 5.41 Å². The Morgan fingerprint density at radius 1 is 1.33 bits per heavy atom. The van der Waals surface area contributed by atoms with Gasteiger partial charge in [-0.1, -0.05) is 44.2 Å². The maximum absolute atomic E-state index is 3.44. The first-order valence-corrected chi connectivity index (χ1v) is 5.94. The van der Waals surface area contributed by atoms with Crippen molar-refractivity contribution in [1.82, 2.24) is 5.32 Å². The lowest BCUT2D eigenvalue weighted by Crippen LogP contribution is -2.55. The molecule has 0 spiro atoms. The normalized spacial score (nSPS) is 34.9. The second kappa shape index (κ2) is 3.97. The molecule has 1 aliphatic rings. The molecule has 3 unspecified atom stereocenters. The van der Waals surface area contributed by atoms with Crippen molar-refractivity contribution in [3.8, 4) is 0 Å². The molecule has 0 aromatic heterocycles. The van der Waals surface area contributed by atoms with Crippen molar-refractivity contribution < 1.29 is 0 Å². The van der Waals surface area contributed by atoms with Crippen LogP contribution in [0.15, 0.2) is 30.3 Å². The Bertz CT molecular complexity index is 319. The zero-order chi connectivity index (χ0) is 10.9.